The Bertz CT molecular complexity index is 946. The van der Waals surface area contributed by atoms with E-state index in [9.17, 15) is 9.59 Å². The first-order valence-corrected chi connectivity index (χ1v) is 11.3. The third-order valence-corrected chi connectivity index (χ3v) is 6.65. The Morgan fingerprint density at radius 3 is 2.70 bits per heavy atom. The van der Waals surface area contributed by atoms with Crippen LogP contribution >= 0.6 is 0 Å². The third kappa shape index (κ3) is 3.98. The highest BCUT2D eigenvalue weighted by molar-refractivity contribution is 5.82. The van der Waals surface area contributed by atoms with Crippen LogP contribution in [0, 0.1) is 0 Å². The van der Waals surface area contributed by atoms with E-state index in [1.54, 1.807) is 7.05 Å². The first kappa shape index (κ1) is 19.3. The molecule has 4 amide bonds. The van der Waals surface area contributed by atoms with Gasteiger partial charge in [-0.3, -0.25) is 0 Å². The lowest BCUT2D eigenvalue weighted by Crippen LogP contribution is -2.56. The second-order valence-electron chi connectivity index (χ2n) is 9.01. The van der Waals surface area contributed by atoms with E-state index in [0.29, 0.717) is 19.1 Å². The van der Waals surface area contributed by atoms with Gasteiger partial charge in [0.2, 0.25) is 0 Å². The lowest BCUT2D eigenvalue weighted by Gasteiger charge is -2.39. The summed E-state index contributed by atoms with van der Waals surface area (Å²) in [4.78, 5) is 32.4. The number of amides is 4. The van der Waals surface area contributed by atoms with Gasteiger partial charge in [0.25, 0.3) is 0 Å². The topological polar surface area (TPSA) is 80.5 Å². The average Bonchev–Trinajstić information content (AvgIpc) is 3.69. The van der Waals surface area contributed by atoms with Crippen LogP contribution < -0.4 is 10.6 Å². The van der Waals surface area contributed by atoms with Gasteiger partial charge in [-0.25, -0.2) is 9.59 Å². The molecule has 30 heavy (non-hydrogen) atoms. The maximum absolute atomic E-state index is 13.1. The van der Waals surface area contributed by atoms with E-state index >= 15 is 0 Å². The predicted molar refractivity (Wildman–Crippen MR) is 116 cm³/mol. The fourth-order valence-corrected chi connectivity index (χ4v) is 4.75. The molecule has 2 aromatic rings. The Morgan fingerprint density at radius 2 is 1.97 bits per heavy atom. The molecule has 0 spiro atoms. The van der Waals surface area contributed by atoms with Crippen molar-refractivity contribution in [2.45, 2.75) is 63.1 Å². The standard InChI is InChI=1S/C23H31N5O2/c1-24-22(29)27-10-2-3-20(14-27)28(19-7-8-19)23(30)25-13-18-12-17-11-16(15-4-5-15)6-9-21(17)26-18/h6,9,11-12,15,19-20,26H,2-5,7-8,10,13-14H2,1H3,(H,24,29)(H,25,30)/t20-/m1/s1. The number of hydrogen-bond acceptors (Lipinski definition) is 2. The first-order valence-electron chi connectivity index (χ1n) is 11.3. The van der Waals surface area contributed by atoms with Gasteiger partial charge in [-0.2, -0.15) is 0 Å². The number of aromatic nitrogens is 1. The monoisotopic (exact) mass is 409 g/mol. The Balaban J connectivity index is 1.24. The molecule has 5 rings (SSSR count). The number of piperidine rings is 1. The van der Waals surface area contributed by atoms with Crippen LogP contribution in [0.25, 0.3) is 10.9 Å². The van der Waals surface area contributed by atoms with Gasteiger partial charge in [-0.15, -0.1) is 0 Å². The van der Waals surface area contributed by atoms with Crippen molar-refractivity contribution in [3.63, 3.8) is 0 Å². The second-order valence-corrected chi connectivity index (χ2v) is 9.01. The number of fused-ring (bicyclic) bond motifs is 1. The summed E-state index contributed by atoms with van der Waals surface area (Å²) < 4.78 is 0. The molecule has 7 nitrogen and oxygen atoms in total. The fourth-order valence-electron chi connectivity index (χ4n) is 4.75. The Kier molecular flexibility index (Phi) is 5.05. The van der Waals surface area contributed by atoms with Crippen molar-refractivity contribution in [2.75, 3.05) is 20.1 Å². The number of H-pyrrole nitrogens is 1. The molecule has 1 atom stereocenters. The molecule has 2 heterocycles. The molecule has 1 aromatic heterocycles. The van der Waals surface area contributed by atoms with Gasteiger partial charge in [0, 0.05) is 37.4 Å². The molecule has 0 bridgehead atoms. The fraction of sp³-hybridized carbons (Fsp3) is 0.565. The molecule has 1 saturated heterocycles. The summed E-state index contributed by atoms with van der Waals surface area (Å²) in [5.74, 6) is 0.740. The van der Waals surface area contributed by atoms with Crippen molar-refractivity contribution in [1.82, 2.24) is 25.4 Å². The van der Waals surface area contributed by atoms with Crippen molar-refractivity contribution in [3.05, 3.63) is 35.5 Å². The molecule has 7 heteroatoms. The van der Waals surface area contributed by atoms with Gasteiger partial charge in [0.05, 0.1) is 12.6 Å². The molecular weight excluding hydrogens is 378 g/mol. The predicted octanol–water partition coefficient (Wildman–Crippen LogP) is 3.52. The normalized spacial score (nSPS) is 21.5. The summed E-state index contributed by atoms with van der Waals surface area (Å²) in [7, 11) is 1.66. The Labute approximate surface area is 177 Å². The van der Waals surface area contributed by atoms with E-state index in [2.05, 4.69) is 39.9 Å². The van der Waals surface area contributed by atoms with Crippen molar-refractivity contribution in [2.24, 2.45) is 0 Å². The van der Waals surface area contributed by atoms with Crippen molar-refractivity contribution < 1.29 is 9.59 Å². The van der Waals surface area contributed by atoms with Crippen LogP contribution in [0.15, 0.2) is 24.3 Å². The number of hydrogen-bond donors (Lipinski definition) is 3. The summed E-state index contributed by atoms with van der Waals surface area (Å²) in [6, 6.07) is 9.13. The van der Waals surface area contributed by atoms with Gasteiger partial charge in [0.1, 0.15) is 0 Å². The number of rotatable bonds is 5. The smallest absolute Gasteiger partial charge is 0.318 e. The van der Waals surface area contributed by atoms with Gasteiger partial charge < -0.3 is 25.4 Å². The lowest BCUT2D eigenvalue weighted by atomic mass is 10.0. The highest BCUT2D eigenvalue weighted by atomic mass is 16.2. The number of nitrogens with zero attached hydrogens (tertiary/aromatic N) is 2. The molecule has 3 N–H and O–H groups in total. The molecule has 1 aliphatic heterocycles. The molecule has 2 aliphatic carbocycles. The minimum atomic E-state index is -0.0560. The lowest BCUT2D eigenvalue weighted by molar-refractivity contribution is 0.116. The second kappa shape index (κ2) is 7.85. The van der Waals surface area contributed by atoms with Crippen LogP contribution in [0.2, 0.25) is 0 Å². The summed E-state index contributed by atoms with van der Waals surface area (Å²) in [6.07, 6.45) is 6.59. The van der Waals surface area contributed by atoms with E-state index in [4.69, 9.17) is 0 Å². The molecule has 3 aliphatic rings. The summed E-state index contributed by atoms with van der Waals surface area (Å²) >= 11 is 0. The maximum atomic E-state index is 13.1. The number of carbonyl (C=O) groups is 2. The highest BCUT2D eigenvalue weighted by Gasteiger charge is 2.39. The molecule has 2 saturated carbocycles. The minimum absolute atomic E-state index is 0.0152. The van der Waals surface area contributed by atoms with Gasteiger partial charge in [-0.1, -0.05) is 6.07 Å². The Morgan fingerprint density at radius 1 is 1.13 bits per heavy atom. The van der Waals surface area contributed by atoms with E-state index in [1.165, 1.54) is 23.8 Å². The van der Waals surface area contributed by atoms with Crippen LogP contribution in [0.3, 0.4) is 0 Å². The number of aromatic amines is 1. The van der Waals surface area contributed by atoms with Crippen LogP contribution in [-0.4, -0.2) is 59.1 Å². The zero-order valence-electron chi connectivity index (χ0n) is 17.6. The van der Waals surface area contributed by atoms with Crippen LogP contribution in [0.1, 0.15) is 55.7 Å². The average molecular weight is 410 g/mol. The van der Waals surface area contributed by atoms with E-state index in [-0.39, 0.29) is 18.1 Å². The molecule has 3 fully saturated rings. The van der Waals surface area contributed by atoms with E-state index in [0.717, 1.165) is 49.4 Å². The quantitative estimate of drug-likeness (QED) is 0.706. The third-order valence-electron chi connectivity index (χ3n) is 6.65. The summed E-state index contributed by atoms with van der Waals surface area (Å²) in [5, 5.41) is 7.05. The molecule has 0 unspecified atom stereocenters. The first-order chi connectivity index (χ1) is 14.6. The molecule has 1 aromatic carbocycles. The number of benzene rings is 1. The van der Waals surface area contributed by atoms with E-state index in [1.807, 2.05) is 9.80 Å². The number of carbonyl (C=O) groups excluding carboxylic acids is 2. The van der Waals surface area contributed by atoms with Crippen molar-refractivity contribution in [1.29, 1.82) is 0 Å². The molecule has 0 radical (unpaired) electrons. The number of nitrogens with one attached hydrogen (secondary N) is 3. The summed E-state index contributed by atoms with van der Waals surface area (Å²) in [6.45, 7) is 1.86. The van der Waals surface area contributed by atoms with Crippen molar-refractivity contribution >= 4 is 23.0 Å². The van der Waals surface area contributed by atoms with Gasteiger partial charge in [0.15, 0.2) is 0 Å². The van der Waals surface area contributed by atoms with Crippen LogP contribution in [-0.2, 0) is 6.54 Å². The maximum Gasteiger partial charge on any atom is 0.318 e. The zero-order valence-corrected chi connectivity index (χ0v) is 17.6. The van der Waals surface area contributed by atoms with Gasteiger partial charge in [-0.05, 0) is 73.6 Å². The van der Waals surface area contributed by atoms with Crippen LogP contribution in [0.5, 0.6) is 0 Å². The Hall–Kier alpha value is -2.70. The minimum Gasteiger partial charge on any atom is -0.357 e. The highest BCUT2D eigenvalue weighted by Crippen LogP contribution is 2.41. The largest absolute Gasteiger partial charge is 0.357 e. The molecular formula is C23H31N5O2. The van der Waals surface area contributed by atoms with Gasteiger partial charge >= 0.3 is 12.1 Å². The van der Waals surface area contributed by atoms with E-state index < -0.39 is 0 Å². The SMILES string of the molecule is CNC(=O)N1CCC[C@@H](N(C(=O)NCc2cc3cc(C4CC4)ccc3[nH]2)C2CC2)C1. The number of likely N-dealkylation sites (tertiary alicyclic amines) is 1. The summed E-state index contributed by atoms with van der Waals surface area (Å²) in [5.41, 5.74) is 3.57. The van der Waals surface area contributed by atoms with Crippen LogP contribution in [0.4, 0.5) is 9.59 Å². The number of urea groups is 2. The van der Waals surface area contributed by atoms with Crippen molar-refractivity contribution in [3.8, 4) is 0 Å². The zero-order chi connectivity index (χ0) is 20.7. The molecule has 160 valence electrons.